The zero-order valence-electron chi connectivity index (χ0n) is 9.14. The van der Waals surface area contributed by atoms with Crippen LogP contribution < -0.4 is 5.73 Å². The van der Waals surface area contributed by atoms with Crippen LogP contribution in [0.15, 0.2) is 24.3 Å². The molecule has 4 heteroatoms. The lowest BCUT2D eigenvalue weighted by molar-refractivity contribution is -0.184. The van der Waals surface area contributed by atoms with E-state index in [1.807, 2.05) is 31.2 Å². The summed E-state index contributed by atoms with van der Waals surface area (Å²) >= 11 is 0. The van der Waals surface area contributed by atoms with Crippen LogP contribution >= 0.6 is 0 Å². The maximum atomic E-state index is 11.2. The summed E-state index contributed by atoms with van der Waals surface area (Å²) in [6.45, 7) is 2.34. The Morgan fingerprint density at radius 3 is 2.69 bits per heavy atom. The molecule has 4 nitrogen and oxygen atoms in total. The van der Waals surface area contributed by atoms with E-state index in [2.05, 4.69) is 0 Å². The zero-order valence-corrected chi connectivity index (χ0v) is 9.14. The second-order valence-electron chi connectivity index (χ2n) is 4.35. The highest BCUT2D eigenvalue weighted by Gasteiger charge is 2.51. The number of ether oxygens (including phenoxy) is 1. The van der Waals surface area contributed by atoms with E-state index in [0.29, 0.717) is 0 Å². The molecule has 1 saturated heterocycles. The van der Waals surface area contributed by atoms with Crippen LogP contribution in [0.3, 0.4) is 0 Å². The molecular formula is C12H15NO3. The molecule has 1 atom stereocenters. The van der Waals surface area contributed by atoms with Crippen LogP contribution in [0.2, 0.25) is 0 Å². The van der Waals surface area contributed by atoms with Crippen LogP contribution in [0.1, 0.15) is 17.2 Å². The van der Waals surface area contributed by atoms with Gasteiger partial charge >= 0.3 is 5.97 Å². The first kappa shape index (κ1) is 11.1. The van der Waals surface area contributed by atoms with Gasteiger partial charge in [-0.2, -0.15) is 0 Å². The number of hydrogen-bond donors (Lipinski definition) is 2. The lowest BCUT2D eigenvalue weighted by atomic mass is 9.75. The van der Waals surface area contributed by atoms with Crippen molar-refractivity contribution in [1.82, 2.24) is 0 Å². The Morgan fingerprint density at radius 2 is 2.25 bits per heavy atom. The summed E-state index contributed by atoms with van der Waals surface area (Å²) in [4.78, 5) is 11.2. The molecule has 86 valence electrons. The highest BCUT2D eigenvalue weighted by Crippen LogP contribution is 2.39. The molecule has 1 heterocycles. The molecule has 1 aliphatic heterocycles. The van der Waals surface area contributed by atoms with Gasteiger partial charge in [0.1, 0.15) is 5.41 Å². The summed E-state index contributed by atoms with van der Waals surface area (Å²) < 4.78 is 5.01. The molecule has 0 radical (unpaired) electrons. The average molecular weight is 221 g/mol. The molecule has 1 aromatic rings. The van der Waals surface area contributed by atoms with Gasteiger partial charge in [-0.3, -0.25) is 4.79 Å². The number of benzene rings is 1. The van der Waals surface area contributed by atoms with Gasteiger partial charge in [0.2, 0.25) is 0 Å². The predicted octanol–water partition coefficient (Wildman–Crippen LogP) is 1.10. The number of aliphatic carboxylic acids is 1. The van der Waals surface area contributed by atoms with Gasteiger partial charge in [0, 0.05) is 0 Å². The van der Waals surface area contributed by atoms with E-state index in [1.165, 1.54) is 0 Å². The second-order valence-corrected chi connectivity index (χ2v) is 4.35. The van der Waals surface area contributed by atoms with Gasteiger partial charge in [0.25, 0.3) is 0 Å². The lowest BCUT2D eigenvalue weighted by Crippen LogP contribution is -2.55. The number of carbonyl (C=O) groups is 1. The van der Waals surface area contributed by atoms with Gasteiger partial charge in [-0.05, 0) is 12.5 Å². The quantitative estimate of drug-likeness (QED) is 0.801. The Balaban J connectivity index is 2.30. The average Bonchev–Trinajstić information content (AvgIpc) is 2.15. The first-order valence-corrected chi connectivity index (χ1v) is 5.19. The monoisotopic (exact) mass is 221 g/mol. The summed E-state index contributed by atoms with van der Waals surface area (Å²) in [5.74, 6) is -0.882. The Morgan fingerprint density at radius 1 is 1.56 bits per heavy atom. The Labute approximate surface area is 94.0 Å². The van der Waals surface area contributed by atoms with Gasteiger partial charge in [0.05, 0.1) is 19.3 Å². The third-order valence-corrected chi connectivity index (χ3v) is 3.14. The molecule has 0 amide bonds. The zero-order chi connectivity index (χ0) is 11.8. The fraction of sp³-hybridized carbons (Fsp3) is 0.417. The molecule has 2 rings (SSSR count). The molecule has 0 aromatic heterocycles. The molecule has 1 aliphatic rings. The van der Waals surface area contributed by atoms with Crippen molar-refractivity contribution in [3.05, 3.63) is 35.4 Å². The van der Waals surface area contributed by atoms with Crippen LogP contribution in [0.25, 0.3) is 0 Å². The topological polar surface area (TPSA) is 72.6 Å². The normalized spacial score (nSPS) is 19.9. The first-order valence-electron chi connectivity index (χ1n) is 5.19. The third-order valence-electron chi connectivity index (χ3n) is 3.14. The SMILES string of the molecule is Cc1cccc(C(N)C2(C(=O)O)COC2)c1. The van der Waals surface area contributed by atoms with E-state index in [0.717, 1.165) is 11.1 Å². The molecule has 3 N–H and O–H groups in total. The standard InChI is InChI=1S/C12H15NO3/c1-8-3-2-4-9(5-8)10(13)12(11(14)15)6-16-7-12/h2-5,10H,6-7,13H2,1H3,(H,14,15). The number of rotatable bonds is 3. The summed E-state index contributed by atoms with van der Waals surface area (Å²) in [6.07, 6.45) is 0. The Bertz CT molecular complexity index is 412. The van der Waals surface area contributed by atoms with Crippen molar-refractivity contribution in [2.45, 2.75) is 13.0 Å². The van der Waals surface area contributed by atoms with Gasteiger partial charge in [-0.1, -0.05) is 29.8 Å². The first-order chi connectivity index (χ1) is 7.56. The molecule has 1 unspecified atom stereocenters. The fourth-order valence-electron chi connectivity index (χ4n) is 1.94. The highest BCUT2D eigenvalue weighted by molar-refractivity contribution is 5.77. The van der Waals surface area contributed by atoms with Crippen molar-refractivity contribution in [2.75, 3.05) is 13.2 Å². The predicted molar refractivity (Wildman–Crippen MR) is 59.0 cm³/mol. The number of aryl methyl sites for hydroxylation is 1. The van der Waals surface area contributed by atoms with E-state index in [-0.39, 0.29) is 13.2 Å². The minimum absolute atomic E-state index is 0.192. The van der Waals surface area contributed by atoms with E-state index in [4.69, 9.17) is 10.5 Å². The van der Waals surface area contributed by atoms with Crippen LogP contribution in [0, 0.1) is 12.3 Å². The summed E-state index contributed by atoms with van der Waals surface area (Å²) in [7, 11) is 0. The van der Waals surface area contributed by atoms with E-state index in [9.17, 15) is 9.90 Å². The third kappa shape index (κ3) is 1.60. The van der Waals surface area contributed by atoms with E-state index in [1.54, 1.807) is 0 Å². The van der Waals surface area contributed by atoms with Gasteiger partial charge in [-0.25, -0.2) is 0 Å². The Kier molecular flexibility index (Phi) is 2.69. The van der Waals surface area contributed by atoms with Crippen molar-refractivity contribution in [3.8, 4) is 0 Å². The molecule has 1 fully saturated rings. The van der Waals surface area contributed by atoms with Crippen molar-refractivity contribution in [2.24, 2.45) is 11.1 Å². The van der Waals surface area contributed by atoms with E-state index >= 15 is 0 Å². The number of carboxylic acid groups (broad SMARTS) is 1. The van der Waals surface area contributed by atoms with Crippen molar-refractivity contribution in [1.29, 1.82) is 0 Å². The summed E-state index contributed by atoms with van der Waals surface area (Å²) in [5.41, 5.74) is 7.02. The van der Waals surface area contributed by atoms with Crippen LogP contribution in [-0.2, 0) is 9.53 Å². The molecule has 0 spiro atoms. The van der Waals surface area contributed by atoms with Gasteiger partial charge in [-0.15, -0.1) is 0 Å². The maximum absolute atomic E-state index is 11.2. The molecule has 0 aliphatic carbocycles. The lowest BCUT2D eigenvalue weighted by Gasteiger charge is -2.42. The molecule has 1 aromatic carbocycles. The maximum Gasteiger partial charge on any atom is 0.316 e. The molecule has 0 saturated carbocycles. The van der Waals surface area contributed by atoms with Crippen molar-refractivity contribution < 1.29 is 14.6 Å². The number of hydrogen-bond acceptors (Lipinski definition) is 3. The molecular weight excluding hydrogens is 206 g/mol. The van der Waals surface area contributed by atoms with Gasteiger partial charge in [0.15, 0.2) is 0 Å². The molecule has 0 bridgehead atoms. The summed E-state index contributed by atoms with van der Waals surface area (Å²) in [5, 5.41) is 9.22. The fourth-order valence-corrected chi connectivity index (χ4v) is 1.94. The number of nitrogens with two attached hydrogens (primary N) is 1. The van der Waals surface area contributed by atoms with Crippen LogP contribution in [-0.4, -0.2) is 24.3 Å². The van der Waals surface area contributed by atoms with Gasteiger partial charge < -0.3 is 15.6 Å². The Hall–Kier alpha value is -1.39. The van der Waals surface area contributed by atoms with Crippen LogP contribution in [0.5, 0.6) is 0 Å². The molecule has 16 heavy (non-hydrogen) atoms. The minimum atomic E-state index is -0.951. The largest absolute Gasteiger partial charge is 0.481 e. The number of carboxylic acids is 1. The minimum Gasteiger partial charge on any atom is -0.481 e. The van der Waals surface area contributed by atoms with Crippen molar-refractivity contribution >= 4 is 5.97 Å². The van der Waals surface area contributed by atoms with Crippen molar-refractivity contribution in [3.63, 3.8) is 0 Å². The van der Waals surface area contributed by atoms with Crippen LogP contribution in [0.4, 0.5) is 0 Å². The van der Waals surface area contributed by atoms with E-state index < -0.39 is 17.4 Å². The second kappa shape index (κ2) is 3.88. The highest BCUT2D eigenvalue weighted by atomic mass is 16.5. The smallest absolute Gasteiger partial charge is 0.316 e. The summed E-state index contributed by atoms with van der Waals surface area (Å²) in [6, 6.07) is 7.12.